The number of nitrogens with zero attached hydrogens (tertiary/aromatic N) is 2. The number of sulfonamides is 1. The first-order chi connectivity index (χ1) is 13.4. The van der Waals surface area contributed by atoms with Crippen LogP contribution in [0.4, 0.5) is 4.39 Å². The average molecular weight is 410 g/mol. The van der Waals surface area contributed by atoms with E-state index in [0.29, 0.717) is 0 Å². The van der Waals surface area contributed by atoms with Gasteiger partial charge in [-0.1, -0.05) is 18.2 Å². The molecule has 0 aromatic heterocycles. The minimum absolute atomic E-state index is 0.103. The molecule has 0 radical (unpaired) electrons. The van der Waals surface area contributed by atoms with Crippen LogP contribution >= 0.6 is 0 Å². The van der Waals surface area contributed by atoms with Gasteiger partial charge in [0.05, 0.1) is 11.3 Å². The van der Waals surface area contributed by atoms with Gasteiger partial charge in [-0.05, 0) is 37.0 Å². The standard InChI is InChI=1S/C19H23FN2O5S/c20-16-6-3-7-17(13-16)28(25,26)22-10-8-21(9-11-22)18(23)14-27-19(24)12-15-4-1-2-5-15/h1,3-4,6-7,13,15H,2,5,8-12,14H2/t15-/m1/s1. The van der Waals surface area contributed by atoms with Gasteiger partial charge in [0.2, 0.25) is 10.0 Å². The van der Waals surface area contributed by atoms with E-state index in [9.17, 15) is 22.4 Å². The van der Waals surface area contributed by atoms with Crippen LogP contribution < -0.4 is 0 Å². The van der Waals surface area contributed by atoms with Crippen molar-refractivity contribution in [2.24, 2.45) is 5.92 Å². The van der Waals surface area contributed by atoms with Crippen molar-refractivity contribution in [3.05, 3.63) is 42.2 Å². The molecule has 0 saturated carbocycles. The van der Waals surface area contributed by atoms with Crippen LogP contribution in [0.2, 0.25) is 0 Å². The Bertz CT molecular complexity index is 863. The Balaban J connectivity index is 1.47. The molecule has 2 aliphatic rings. The van der Waals surface area contributed by atoms with Crippen molar-refractivity contribution < 1.29 is 27.1 Å². The first-order valence-electron chi connectivity index (χ1n) is 9.22. The monoisotopic (exact) mass is 410 g/mol. The summed E-state index contributed by atoms with van der Waals surface area (Å²) in [6.07, 6.45) is 6.16. The minimum Gasteiger partial charge on any atom is -0.456 e. The van der Waals surface area contributed by atoms with Crippen molar-refractivity contribution >= 4 is 21.9 Å². The van der Waals surface area contributed by atoms with Gasteiger partial charge in [0.15, 0.2) is 6.61 Å². The molecule has 0 N–H and O–H groups in total. The molecule has 152 valence electrons. The lowest BCUT2D eigenvalue weighted by Gasteiger charge is -2.33. The number of carbonyl (C=O) groups is 2. The Labute approximate surface area is 163 Å². The van der Waals surface area contributed by atoms with Gasteiger partial charge in [0.1, 0.15) is 5.82 Å². The number of benzene rings is 1. The first-order valence-corrected chi connectivity index (χ1v) is 10.7. The van der Waals surface area contributed by atoms with Gasteiger partial charge in [0, 0.05) is 26.2 Å². The van der Waals surface area contributed by atoms with Crippen molar-refractivity contribution in [3.8, 4) is 0 Å². The fourth-order valence-electron chi connectivity index (χ4n) is 3.33. The summed E-state index contributed by atoms with van der Waals surface area (Å²) in [6, 6.07) is 4.85. The number of piperazine rings is 1. The van der Waals surface area contributed by atoms with Crippen molar-refractivity contribution in [1.82, 2.24) is 9.21 Å². The van der Waals surface area contributed by atoms with Gasteiger partial charge >= 0.3 is 5.97 Å². The lowest BCUT2D eigenvalue weighted by molar-refractivity contribution is -0.153. The number of halogens is 1. The molecule has 1 atom stereocenters. The summed E-state index contributed by atoms with van der Waals surface area (Å²) in [6.45, 7) is 0.245. The number of hydrogen-bond acceptors (Lipinski definition) is 5. The predicted molar refractivity (Wildman–Crippen MR) is 99.2 cm³/mol. The van der Waals surface area contributed by atoms with E-state index in [4.69, 9.17) is 4.74 Å². The second kappa shape index (κ2) is 8.83. The number of rotatable bonds is 6. The van der Waals surface area contributed by atoms with Crippen molar-refractivity contribution in [2.75, 3.05) is 32.8 Å². The van der Waals surface area contributed by atoms with Crippen LogP contribution in [0.1, 0.15) is 19.3 Å². The second-order valence-corrected chi connectivity index (χ2v) is 8.81. The van der Waals surface area contributed by atoms with Gasteiger partial charge in [-0.25, -0.2) is 12.8 Å². The molecule has 0 unspecified atom stereocenters. The van der Waals surface area contributed by atoms with Crippen molar-refractivity contribution in [2.45, 2.75) is 24.2 Å². The lowest BCUT2D eigenvalue weighted by Crippen LogP contribution is -2.51. The number of carbonyl (C=O) groups excluding carboxylic acids is 2. The summed E-state index contributed by atoms with van der Waals surface area (Å²) < 4.78 is 44.8. The third-order valence-corrected chi connectivity index (χ3v) is 6.82. The summed E-state index contributed by atoms with van der Waals surface area (Å²) in [5.41, 5.74) is 0. The highest BCUT2D eigenvalue weighted by molar-refractivity contribution is 7.89. The molecule has 1 saturated heterocycles. The van der Waals surface area contributed by atoms with Crippen molar-refractivity contribution in [1.29, 1.82) is 0 Å². The fourth-order valence-corrected chi connectivity index (χ4v) is 4.78. The Morgan fingerprint density at radius 2 is 1.93 bits per heavy atom. The summed E-state index contributed by atoms with van der Waals surface area (Å²) in [4.78, 5) is 25.4. The van der Waals surface area contributed by atoms with E-state index in [1.807, 2.05) is 12.2 Å². The summed E-state index contributed by atoms with van der Waals surface area (Å²) >= 11 is 0. The highest BCUT2D eigenvalue weighted by Gasteiger charge is 2.30. The van der Waals surface area contributed by atoms with Gasteiger partial charge in [-0.15, -0.1) is 0 Å². The molecule has 1 fully saturated rings. The number of allylic oxidation sites excluding steroid dienone is 2. The first kappa shape index (κ1) is 20.5. The van der Waals surface area contributed by atoms with E-state index in [-0.39, 0.29) is 55.9 Å². The highest BCUT2D eigenvalue weighted by Crippen LogP contribution is 2.21. The topological polar surface area (TPSA) is 84.0 Å². The molecule has 3 rings (SSSR count). The zero-order valence-corrected chi connectivity index (χ0v) is 16.2. The average Bonchev–Trinajstić information content (AvgIpc) is 3.19. The molecule has 1 aliphatic carbocycles. The minimum atomic E-state index is -3.81. The molecule has 9 heteroatoms. The lowest BCUT2D eigenvalue weighted by atomic mass is 10.1. The Kier molecular flexibility index (Phi) is 6.46. The molecule has 0 bridgehead atoms. The van der Waals surface area contributed by atoms with Crippen LogP contribution in [0.3, 0.4) is 0 Å². The van der Waals surface area contributed by atoms with Crippen LogP contribution in [-0.2, 0) is 24.3 Å². The number of esters is 1. The Morgan fingerprint density at radius 3 is 2.57 bits per heavy atom. The summed E-state index contributed by atoms with van der Waals surface area (Å²) in [7, 11) is -3.81. The van der Waals surface area contributed by atoms with Crippen LogP contribution in [0, 0.1) is 11.7 Å². The van der Waals surface area contributed by atoms with Crippen molar-refractivity contribution in [3.63, 3.8) is 0 Å². The molecular weight excluding hydrogens is 387 g/mol. The largest absolute Gasteiger partial charge is 0.456 e. The van der Waals surface area contributed by atoms with E-state index in [1.54, 1.807) is 0 Å². The van der Waals surface area contributed by atoms with Crippen LogP contribution in [-0.4, -0.2) is 62.3 Å². The quantitative estimate of drug-likeness (QED) is 0.525. The Hall–Kier alpha value is -2.26. The molecule has 1 aliphatic heterocycles. The number of amides is 1. The van der Waals surface area contributed by atoms with E-state index in [1.165, 1.54) is 27.4 Å². The third-order valence-electron chi connectivity index (χ3n) is 4.92. The maximum atomic E-state index is 13.3. The van der Waals surface area contributed by atoms with E-state index < -0.39 is 21.8 Å². The molecule has 1 heterocycles. The smallest absolute Gasteiger partial charge is 0.306 e. The zero-order valence-electron chi connectivity index (χ0n) is 15.4. The van der Waals surface area contributed by atoms with Gasteiger partial charge in [0.25, 0.3) is 5.91 Å². The highest BCUT2D eigenvalue weighted by atomic mass is 32.2. The molecule has 7 nitrogen and oxygen atoms in total. The molecular formula is C19H23FN2O5S. The maximum Gasteiger partial charge on any atom is 0.306 e. The van der Waals surface area contributed by atoms with Gasteiger partial charge in [-0.2, -0.15) is 4.31 Å². The number of ether oxygens (including phenoxy) is 1. The summed E-state index contributed by atoms with van der Waals surface area (Å²) in [5.74, 6) is -1.20. The maximum absolute atomic E-state index is 13.3. The van der Waals surface area contributed by atoms with Gasteiger partial charge < -0.3 is 9.64 Å². The van der Waals surface area contributed by atoms with Crippen LogP contribution in [0.25, 0.3) is 0 Å². The zero-order chi connectivity index (χ0) is 20.1. The predicted octanol–water partition coefficient (Wildman–Crippen LogP) is 1.56. The van der Waals surface area contributed by atoms with Crippen LogP contribution in [0.5, 0.6) is 0 Å². The van der Waals surface area contributed by atoms with E-state index >= 15 is 0 Å². The van der Waals surface area contributed by atoms with Crippen LogP contribution in [0.15, 0.2) is 41.3 Å². The normalized spacial score (nSPS) is 20.3. The van der Waals surface area contributed by atoms with Gasteiger partial charge in [-0.3, -0.25) is 9.59 Å². The van der Waals surface area contributed by atoms with E-state index in [0.717, 1.165) is 18.9 Å². The molecule has 28 heavy (non-hydrogen) atoms. The number of hydrogen-bond donors (Lipinski definition) is 0. The third kappa shape index (κ3) is 4.96. The van der Waals surface area contributed by atoms with E-state index in [2.05, 4.69) is 0 Å². The summed E-state index contributed by atoms with van der Waals surface area (Å²) in [5, 5.41) is 0. The SMILES string of the molecule is O=C(C[C@@H]1C=CCC1)OCC(=O)N1CCN(S(=O)(=O)c2cccc(F)c2)CC1. The molecule has 1 aromatic rings. The Morgan fingerprint density at radius 1 is 1.18 bits per heavy atom. The molecule has 1 amide bonds. The molecule has 1 aromatic carbocycles. The fraction of sp³-hybridized carbons (Fsp3) is 0.474. The second-order valence-electron chi connectivity index (χ2n) is 6.87. The molecule has 0 spiro atoms.